The molecule has 0 aromatic carbocycles. The molecule has 0 aromatic rings. The minimum atomic E-state index is -0.987. The third kappa shape index (κ3) is 2.64. The van der Waals surface area contributed by atoms with Crippen molar-refractivity contribution >= 4 is 11.9 Å². The molecule has 0 spiro atoms. The molecule has 2 unspecified atom stereocenters. The van der Waals surface area contributed by atoms with Crippen LogP contribution in [0, 0.1) is 5.92 Å². The Morgan fingerprint density at radius 1 is 1.50 bits per heavy atom. The van der Waals surface area contributed by atoms with Gasteiger partial charge in [0.05, 0.1) is 25.1 Å². The van der Waals surface area contributed by atoms with Gasteiger partial charge in [-0.1, -0.05) is 0 Å². The summed E-state index contributed by atoms with van der Waals surface area (Å²) in [4.78, 5) is 24.3. The molecule has 0 bridgehead atoms. The number of likely N-dealkylation sites (tertiary alicyclic amines) is 1. The highest BCUT2D eigenvalue weighted by atomic mass is 16.5. The summed E-state index contributed by atoms with van der Waals surface area (Å²) in [6, 6.07) is 0. The van der Waals surface area contributed by atoms with Crippen LogP contribution in [0.2, 0.25) is 0 Å². The molecule has 2 saturated heterocycles. The van der Waals surface area contributed by atoms with Crippen molar-refractivity contribution in [3.05, 3.63) is 0 Å². The van der Waals surface area contributed by atoms with E-state index in [4.69, 9.17) is 14.6 Å². The highest BCUT2D eigenvalue weighted by molar-refractivity contribution is 5.80. The van der Waals surface area contributed by atoms with Gasteiger partial charge >= 0.3 is 5.97 Å². The van der Waals surface area contributed by atoms with E-state index in [9.17, 15) is 9.59 Å². The minimum absolute atomic E-state index is 0.0238. The Hall–Kier alpha value is -1.14. The first kappa shape index (κ1) is 13.3. The molecule has 2 heterocycles. The van der Waals surface area contributed by atoms with Crippen molar-refractivity contribution in [1.82, 2.24) is 4.90 Å². The Labute approximate surface area is 106 Å². The number of rotatable bonds is 4. The lowest BCUT2D eigenvalue weighted by Crippen LogP contribution is -2.64. The number of carboxylic acid groups (broad SMARTS) is 1. The summed E-state index contributed by atoms with van der Waals surface area (Å²) in [6.07, 6.45) is 0.743. The first-order valence-electron chi connectivity index (χ1n) is 6.17. The highest BCUT2D eigenvalue weighted by Crippen LogP contribution is 2.30. The lowest BCUT2D eigenvalue weighted by Gasteiger charge is -2.48. The fourth-order valence-corrected chi connectivity index (χ4v) is 2.53. The van der Waals surface area contributed by atoms with Gasteiger partial charge in [-0.15, -0.1) is 0 Å². The number of carbonyl (C=O) groups is 2. The molecule has 6 heteroatoms. The minimum Gasteiger partial charge on any atom is -0.480 e. The molecule has 6 nitrogen and oxygen atoms in total. The second-order valence-electron chi connectivity index (χ2n) is 5.30. The molecule has 0 radical (unpaired) electrons. The van der Waals surface area contributed by atoms with Crippen LogP contribution in [0.15, 0.2) is 0 Å². The van der Waals surface area contributed by atoms with E-state index in [2.05, 4.69) is 0 Å². The van der Waals surface area contributed by atoms with Gasteiger partial charge in [-0.3, -0.25) is 4.79 Å². The van der Waals surface area contributed by atoms with Crippen molar-refractivity contribution in [1.29, 1.82) is 0 Å². The van der Waals surface area contributed by atoms with Gasteiger partial charge in [0, 0.05) is 6.61 Å². The van der Waals surface area contributed by atoms with E-state index in [1.54, 1.807) is 4.90 Å². The van der Waals surface area contributed by atoms with Gasteiger partial charge in [-0.2, -0.15) is 0 Å². The van der Waals surface area contributed by atoms with Gasteiger partial charge in [-0.25, -0.2) is 4.79 Å². The molecule has 2 fully saturated rings. The quantitative estimate of drug-likeness (QED) is 0.773. The standard InChI is InChI=1S/C12H19NO5/c1-8-9(3-4-17-8)11(16)13-6-12(2,7-13)18-5-10(14)15/h8-9H,3-7H2,1-2H3,(H,14,15). The fourth-order valence-electron chi connectivity index (χ4n) is 2.53. The number of amides is 1. The van der Waals surface area contributed by atoms with Gasteiger partial charge in [0.2, 0.25) is 5.91 Å². The maximum Gasteiger partial charge on any atom is 0.329 e. The zero-order valence-corrected chi connectivity index (χ0v) is 10.7. The third-order valence-electron chi connectivity index (χ3n) is 3.60. The average molecular weight is 257 g/mol. The molecule has 2 rings (SSSR count). The van der Waals surface area contributed by atoms with Crippen LogP contribution in [0.3, 0.4) is 0 Å². The Kier molecular flexibility index (Phi) is 3.59. The number of hydrogen-bond donors (Lipinski definition) is 1. The maximum absolute atomic E-state index is 12.1. The van der Waals surface area contributed by atoms with Gasteiger partial charge in [-0.05, 0) is 20.3 Å². The lowest BCUT2D eigenvalue weighted by molar-refractivity contribution is -0.176. The van der Waals surface area contributed by atoms with Crippen molar-refractivity contribution in [2.75, 3.05) is 26.3 Å². The number of aliphatic carboxylic acids is 1. The van der Waals surface area contributed by atoms with Crippen LogP contribution in [0.25, 0.3) is 0 Å². The summed E-state index contributed by atoms with van der Waals surface area (Å²) in [7, 11) is 0. The summed E-state index contributed by atoms with van der Waals surface area (Å²) in [5, 5.41) is 8.56. The van der Waals surface area contributed by atoms with Crippen LogP contribution in [-0.2, 0) is 19.1 Å². The number of nitrogens with zero attached hydrogens (tertiary/aromatic N) is 1. The Morgan fingerprint density at radius 3 is 2.67 bits per heavy atom. The number of ether oxygens (including phenoxy) is 2. The van der Waals surface area contributed by atoms with Crippen molar-refractivity contribution in [3.63, 3.8) is 0 Å². The van der Waals surface area contributed by atoms with Crippen molar-refractivity contribution in [2.24, 2.45) is 5.92 Å². The first-order chi connectivity index (χ1) is 8.41. The largest absolute Gasteiger partial charge is 0.480 e. The van der Waals surface area contributed by atoms with E-state index in [-0.39, 0.29) is 24.5 Å². The Bertz CT molecular complexity index is 350. The summed E-state index contributed by atoms with van der Waals surface area (Å²) in [5.74, 6) is -0.954. The molecule has 2 aliphatic rings. The summed E-state index contributed by atoms with van der Waals surface area (Å²) >= 11 is 0. The van der Waals surface area contributed by atoms with Gasteiger partial charge in [0.1, 0.15) is 12.2 Å². The molecule has 0 saturated carbocycles. The zero-order chi connectivity index (χ0) is 13.3. The normalized spacial score (nSPS) is 30.0. The van der Waals surface area contributed by atoms with E-state index in [0.29, 0.717) is 19.7 Å². The average Bonchev–Trinajstić information content (AvgIpc) is 2.68. The second-order valence-corrected chi connectivity index (χ2v) is 5.30. The van der Waals surface area contributed by atoms with Crippen molar-refractivity contribution < 1.29 is 24.2 Å². The molecule has 0 aliphatic carbocycles. The third-order valence-corrected chi connectivity index (χ3v) is 3.60. The van der Waals surface area contributed by atoms with Crippen LogP contribution < -0.4 is 0 Å². The van der Waals surface area contributed by atoms with Gasteiger partial charge in [0.15, 0.2) is 0 Å². The molecular formula is C12H19NO5. The second kappa shape index (κ2) is 4.85. The number of hydrogen-bond acceptors (Lipinski definition) is 4. The van der Waals surface area contributed by atoms with Crippen LogP contribution in [-0.4, -0.2) is 59.9 Å². The topological polar surface area (TPSA) is 76.1 Å². The monoisotopic (exact) mass is 257 g/mol. The molecule has 2 aliphatic heterocycles. The molecule has 1 N–H and O–H groups in total. The van der Waals surface area contributed by atoms with Crippen LogP contribution in [0.5, 0.6) is 0 Å². The van der Waals surface area contributed by atoms with Crippen molar-refractivity contribution in [3.8, 4) is 0 Å². The molecule has 2 atom stereocenters. The first-order valence-corrected chi connectivity index (χ1v) is 6.17. The molecular weight excluding hydrogens is 238 g/mol. The summed E-state index contributed by atoms with van der Waals surface area (Å²) < 4.78 is 10.7. The van der Waals surface area contributed by atoms with Gasteiger partial charge in [0.25, 0.3) is 0 Å². The Balaban J connectivity index is 1.81. The van der Waals surface area contributed by atoms with E-state index in [1.165, 1.54) is 0 Å². The zero-order valence-electron chi connectivity index (χ0n) is 10.7. The van der Waals surface area contributed by atoms with Crippen LogP contribution in [0.4, 0.5) is 0 Å². The predicted molar refractivity (Wildman–Crippen MR) is 62.1 cm³/mol. The van der Waals surface area contributed by atoms with E-state index in [0.717, 1.165) is 6.42 Å². The summed E-state index contributed by atoms with van der Waals surface area (Å²) in [5.41, 5.74) is -0.517. The summed E-state index contributed by atoms with van der Waals surface area (Å²) in [6.45, 7) is 4.98. The molecule has 18 heavy (non-hydrogen) atoms. The van der Waals surface area contributed by atoms with Crippen molar-refractivity contribution in [2.45, 2.75) is 32.0 Å². The smallest absolute Gasteiger partial charge is 0.329 e. The number of carboxylic acids is 1. The fraction of sp³-hybridized carbons (Fsp3) is 0.833. The SMILES string of the molecule is CC1OCCC1C(=O)N1CC(C)(OCC(=O)O)C1. The Morgan fingerprint density at radius 2 is 2.17 bits per heavy atom. The number of carbonyl (C=O) groups excluding carboxylic acids is 1. The maximum atomic E-state index is 12.1. The van der Waals surface area contributed by atoms with Crippen LogP contribution in [0.1, 0.15) is 20.3 Å². The van der Waals surface area contributed by atoms with Crippen LogP contribution >= 0.6 is 0 Å². The molecule has 102 valence electrons. The predicted octanol–water partition coefficient (Wildman–Crippen LogP) is 0.114. The van der Waals surface area contributed by atoms with E-state index < -0.39 is 11.6 Å². The highest BCUT2D eigenvalue weighted by Gasteiger charge is 2.46. The van der Waals surface area contributed by atoms with E-state index >= 15 is 0 Å². The lowest BCUT2D eigenvalue weighted by atomic mass is 9.92. The van der Waals surface area contributed by atoms with Gasteiger partial charge < -0.3 is 19.5 Å². The molecule has 1 amide bonds. The van der Waals surface area contributed by atoms with E-state index in [1.807, 2.05) is 13.8 Å². The molecule has 0 aromatic heterocycles.